The molecule has 0 radical (unpaired) electrons. The molecule has 0 saturated carbocycles. The van der Waals surface area contributed by atoms with Crippen molar-refractivity contribution in [2.24, 2.45) is 5.92 Å². The van der Waals surface area contributed by atoms with Crippen LogP contribution in [0.25, 0.3) is 0 Å². The Hall–Kier alpha value is -1.07. The molecule has 1 fully saturated rings. The number of pyridine rings is 1. The molecule has 5 heteroatoms. The highest BCUT2D eigenvalue weighted by molar-refractivity contribution is 6.61. The lowest BCUT2D eigenvalue weighted by Gasteiger charge is -2.32. The summed E-state index contributed by atoms with van der Waals surface area (Å²) in [6, 6.07) is 1.90. The van der Waals surface area contributed by atoms with Gasteiger partial charge >= 0.3 is 7.12 Å². The fourth-order valence-corrected chi connectivity index (χ4v) is 2.28. The van der Waals surface area contributed by atoms with Crippen molar-refractivity contribution in [1.29, 1.82) is 0 Å². The molecule has 1 aromatic rings. The number of rotatable bonds is 3. The van der Waals surface area contributed by atoms with Crippen LogP contribution in [0, 0.1) is 5.92 Å². The average molecular weight is 277 g/mol. The predicted molar refractivity (Wildman–Crippen MR) is 81.3 cm³/mol. The minimum atomic E-state index is -0.601. The summed E-state index contributed by atoms with van der Waals surface area (Å²) in [7, 11) is -0.601. The maximum atomic E-state index is 12.1. The van der Waals surface area contributed by atoms with Crippen LogP contribution in [0.1, 0.15) is 47.1 Å². The van der Waals surface area contributed by atoms with Crippen LogP contribution in [0.4, 0.5) is 0 Å². The summed E-state index contributed by atoms with van der Waals surface area (Å²) >= 11 is 0. The van der Waals surface area contributed by atoms with Gasteiger partial charge in [-0.15, -0.1) is 0 Å². The van der Waals surface area contributed by atoms with E-state index in [0.717, 1.165) is 12.0 Å². The lowest BCUT2D eigenvalue weighted by Crippen LogP contribution is -2.45. The molecule has 1 aliphatic heterocycles. The maximum absolute atomic E-state index is 12.1. The third-order valence-corrected chi connectivity index (χ3v) is 4.14. The van der Waals surface area contributed by atoms with Crippen LogP contribution in [0.5, 0.6) is 0 Å². The minimum absolute atomic E-state index is 0.143. The Labute approximate surface area is 121 Å². The third kappa shape index (κ3) is 2.84. The molecule has 4 nitrogen and oxygen atoms in total. The van der Waals surface area contributed by atoms with Crippen molar-refractivity contribution in [3.63, 3.8) is 0 Å². The Bertz CT molecular complexity index is 532. The fourth-order valence-electron chi connectivity index (χ4n) is 2.28. The number of hydrogen-bond donors (Lipinski definition) is 1. The predicted octanol–water partition coefficient (Wildman–Crippen LogP) is 1.87. The molecule has 20 heavy (non-hydrogen) atoms. The highest BCUT2D eigenvalue weighted by Gasteiger charge is 2.52. The average Bonchev–Trinajstić information content (AvgIpc) is 2.50. The van der Waals surface area contributed by atoms with Gasteiger partial charge in [0.1, 0.15) is 0 Å². The highest BCUT2D eigenvalue weighted by atomic mass is 16.7. The first kappa shape index (κ1) is 15.3. The lowest BCUT2D eigenvalue weighted by molar-refractivity contribution is 0.00578. The molecule has 1 saturated heterocycles. The zero-order valence-corrected chi connectivity index (χ0v) is 13.2. The normalized spacial score (nSPS) is 20.6. The van der Waals surface area contributed by atoms with E-state index in [1.807, 2.05) is 33.8 Å². The summed E-state index contributed by atoms with van der Waals surface area (Å²) in [5.74, 6) is 0.534. The van der Waals surface area contributed by atoms with E-state index < -0.39 is 18.3 Å². The second-order valence-electron chi connectivity index (χ2n) is 6.98. The summed E-state index contributed by atoms with van der Waals surface area (Å²) in [5.41, 5.74) is 0.651. The van der Waals surface area contributed by atoms with Gasteiger partial charge in [0.05, 0.1) is 11.2 Å². The number of aromatic nitrogens is 1. The molecule has 2 rings (SSSR count). The molecule has 0 aliphatic carbocycles. The standard InChI is InChI=1S/C15H24BNO3/c1-10(2)7-11-8-12(13(18)17-9-11)16-19-14(3,4)15(5,6)20-16/h8-10H,7H2,1-6H3,(H,17,18). The van der Waals surface area contributed by atoms with Crippen LogP contribution < -0.4 is 11.0 Å². The molecule has 0 amide bonds. The Morgan fingerprint density at radius 1 is 1.20 bits per heavy atom. The molecule has 1 aromatic heterocycles. The zero-order valence-electron chi connectivity index (χ0n) is 13.2. The van der Waals surface area contributed by atoms with Gasteiger partial charge in [0.15, 0.2) is 0 Å². The number of hydrogen-bond acceptors (Lipinski definition) is 3. The van der Waals surface area contributed by atoms with Crippen LogP contribution in [-0.2, 0) is 15.7 Å². The second kappa shape index (κ2) is 5.04. The van der Waals surface area contributed by atoms with Crippen molar-refractivity contribution >= 4 is 12.6 Å². The highest BCUT2D eigenvalue weighted by Crippen LogP contribution is 2.36. The van der Waals surface area contributed by atoms with Crippen molar-refractivity contribution in [2.75, 3.05) is 0 Å². The van der Waals surface area contributed by atoms with Crippen LogP contribution >= 0.6 is 0 Å². The van der Waals surface area contributed by atoms with Crippen molar-refractivity contribution in [3.8, 4) is 0 Å². The Morgan fingerprint density at radius 3 is 2.25 bits per heavy atom. The molecule has 1 N–H and O–H groups in total. The van der Waals surface area contributed by atoms with E-state index in [4.69, 9.17) is 9.31 Å². The molecular weight excluding hydrogens is 253 g/mol. The summed E-state index contributed by atoms with van der Waals surface area (Å²) < 4.78 is 11.9. The van der Waals surface area contributed by atoms with Crippen LogP contribution in [0.3, 0.4) is 0 Å². The van der Waals surface area contributed by atoms with Gasteiger partial charge in [-0.3, -0.25) is 4.79 Å². The van der Waals surface area contributed by atoms with Crippen molar-refractivity contribution < 1.29 is 9.31 Å². The van der Waals surface area contributed by atoms with E-state index >= 15 is 0 Å². The van der Waals surface area contributed by atoms with Crippen LogP contribution in [0.2, 0.25) is 0 Å². The quantitative estimate of drug-likeness (QED) is 0.858. The monoisotopic (exact) mass is 277 g/mol. The zero-order chi connectivity index (χ0) is 15.1. The number of nitrogens with one attached hydrogen (secondary N) is 1. The van der Waals surface area contributed by atoms with Gasteiger partial charge in [0.25, 0.3) is 0 Å². The van der Waals surface area contributed by atoms with E-state index in [2.05, 4.69) is 18.8 Å². The molecule has 110 valence electrons. The molecular formula is C15H24BNO3. The Kier molecular flexibility index (Phi) is 3.86. The van der Waals surface area contributed by atoms with Gasteiger partial charge in [0.2, 0.25) is 5.56 Å². The fraction of sp³-hybridized carbons (Fsp3) is 0.667. The van der Waals surface area contributed by atoms with Gasteiger partial charge in [-0.2, -0.15) is 0 Å². The van der Waals surface area contributed by atoms with E-state index in [-0.39, 0.29) is 5.56 Å². The first-order chi connectivity index (χ1) is 9.12. The van der Waals surface area contributed by atoms with E-state index in [9.17, 15) is 4.79 Å². The smallest absolute Gasteiger partial charge is 0.399 e. The molecule has 2 heterocycles. The third-order valence-electron chi connectivity index (χ3n) is 4.14. The molecule has 0 unspecified atom stereocenters. The first-order valence-electron chi connectivity index (χ1n) is 7.19. The van der Waals surface area contributed by atoms with Gasteiger partial charge in [-0.1, -0.05) is 19.9 Å². The van der Waals surface area contributed by atoms with Gasteiger partial charge < -0.3 is 14.3 Å². The van der Waals surface area contributed by atoms with E-state index in [0.29, 0.717) is 11.4 Å². The second-order valence-corrected chi connectivity index (χ2v) is 6.98. The van der Waals surface area contributed by atoms with E-state index in [1.165, 1.54) is 0 Å². The molecule has 0 atom stereocenters. The van der Waals surface area contributed by atoms with Gasteiger partial charge in [-0.05, 0) is 45.6 Å². The molecule has 0 bridgehead atoms. The van der Waals surface area contributed by atoms with Gasteiger partial charge in [-0.25, -0.2) is 0 Å². The Morgan fingerprint density at radius 2 is 1.75 bits per heavy atom. The van der Waals surface area contributed by atoms with E-state index in [1.54, 1.807) is 6.20 Å². The summed E-state index contributed by atoms with van der Waals surface area (Å²) in [6.07, 6.45) is 2.69. The Balaban J connectivity index is 2.32. The molecule has 0 aromatic carbocycles. The minimum Gasteiger partial charge on any atom is -0.399 e. The largest absolute Gasteiger partial charge is 0.500 e. The van der Waals surface area contributed by atoms with Gasteiger partial charge in [0, 0.05) is 11.7 Å². The lowest BCUT2D eigenvalue weighted by atomic mass is 9.79. The molecule has 1 aliphatic rings. The summed E-state index contributed by atoms with van der Waals surface area (Å²) in [6.45, 7) is 12.2. The maximum Gasteiger partial charge on any atom is 0.500 e. The van der Waals surface area contributed by atoms with Crippen molar-refractivity contribution in [2.45, 2.75) is 59.2 Å². The topological polar surface area (TPSA) is 51.3 Å². The molecule has 0 spiro atoms. The number of H-pyrrole nitrogens is 1. The van der Waals surface area contributed by atoms with Crippen molar-refractivity contribution in [3.05, 3.63) is 28.2 Å². The first-order valence-corrected chi connectivity index (χ1v) is 7.19. The van der Waals surface area contributed by atoms with Crippen LogP contribution in [0.15, 0.2) is 17.1 Å². The summed E-state index contributed by atoms with van der Waals surface area (Å²) in [4.78, 5) is 14.8. The number of aromatic amines is 1. The van der Waals surface area contributed by atoms with Crippen molar-refractivity contribution in [1.82, 2.24) is 4.98 Å². The van der Waals surface area contributed by atoms with Crippen LogP contribution in [-0.4, -0.2) is 23.3 Å². The SMILES string of the molecule is CC(C)Cc1c[nH]c(=O)c(B2OC(C)(C)C(C)(C)O2)c1. The summed E-state index contributed by atoms with van der Waals surface area (Å²) in [5, 5.41) is 0.